The second-order valence-corrected chi connectivity index (χ2v) is 4.80. The third-order valence-electron chi connectivity index (χ3n) is 3.47. The average Bonchev–Trinajstić information content (AvgIpc) is 2.31. The number of hydrogen-bond donors (Lipinski definition) is 0. The van der Waals surface area contributed by atoms with Crippen LogP contribution in [0.5, 0.6) is 0 Å². The van der Waals surface area contributed by atoms with E-state index < -0.39 is 0 Å². The third kappa shape index (κ3) is 2.69. The first-order valence-corrected chi connectivity index (χ1v) is 6.22. The van der Waals surface area contributed by atoms with E-state index in [1.54, 1.807) is 6.20 Å². The van der Waals surface area contributed by atoms with Gasteiger partial charge in [0, 0.05) is 12.6 Å². The van der Waals surface area contributed by atoms with E-state index in [9.17, 15) is 4.79 Å². The lowest BCUT2D eigenvalue weighted by Crippen LogP contribution is -2.14. The Morgan fingerprint density at radius 1 is 1.38 bits per heavy atom. The highest BCUT2D eigenvalue weighted by Gasteiger charge is 2.19. The molecule has 1 saturated carbocycles. The molecule has 0 aliphatic heterocycles. The first kappa shape index (κ1) is 11.3. The maximum absolute atomic E-state index is 12.1. The molecule has 0 aromatic carbocycles. The number of aryl methyl sites for hydroxylation is 1. The number of aromatic nitrogens is 1. The lowest BCUT2D eigenvalue weighted by Gasteiger charge is -2.20. The van der Waals surface area contributed by atoms with Crippen LogP contribution in [0.25, 0.3) is 0 Å². The zero-order valence-electron chi connectivity index (χ0n) is 9.91. The SMILES string of the molecule is Cc1cccnc1C(=O)CC1CCCCC1. The van der Waals surface area contributed by atoms with Gasteiger partial charge in [0.1, 0.15) is 5.69 Å². The van der Waals surface area contributed by atoms with E-state index in [-0.39, 0.29) is 5.78 Å². The Bertz CT molecular complexity index is 367. The zero-order chi connectivity index (χ0) is 11.4. The van der Waals surface area contributed by atoms with Crippen LogP contribution in [0.4, 0.5) is 0 Å². The van der Waals surface area contributed by atoms with Gasteiger partial charge < -0.3 is 0 Å². The quantitative estimate of drug-likeness (QED) is 0.725. The summed E-state index contributed by atoms with van der Waals surface area (Å²) in [5, 5.41) is 0. The molecule has 0 unspecified atom stereocenters. The standard InChI is InChI=1S/C14H19NO/c1-11-6-5-9-15-14(11)13(16)10-12-7-3-2-4-8-12/h5-6,9,12H,2-4,7-8,10H2,1H3. The molecule has 1 heterocycles. The number of rotatable bonds is 3. The van der Waals surface area contributed by atoms with Crippen molar-refractivity contribution in [2.75, 3.05) is 0 Å². The highest BCUT2D eigenvalue weighted by atomic mass is 16.1. The van der Waals surface area contributed by atoms with E-state index in [0.29, 0.717) is 18.0 Å². The summed E-state index contributed by atoms with van der Waals surface area (Å²) in [6.07, 6.45) is 8.76. The number of nitrogens with zero attached hydrogens (tertiary/aromatic N) is 1. The highest BCUT2D eigenvalue weighted by Crippen LogP contribution is 2.27. The molecule has 0 radical (unpaired) electrons. The van der Waals surface area contributed by atoms with Crippen molar-refractivity contribution in [1.29, 1.82) is 0 Å². The van der Waals surface area contributed by atoms with Gasteiger partial charge in [-0.25, -0.2) is 0 Å². The number of pyridine rings is 1. The fourth-order valence-electron chi connectivity index (χ4n) is 2.53. The van der Waals surface area contributed by atoms with Gasteiger partial charge in [-0.2, -0.15) is 0 Å². The molecule has 2 nitrogen and oxygen atoms in total. The van der Waals surface area contributed by atoms with E-state index in [0.717, 1.165) is 5.56 Å². The minimum Gasteiger partial charge on any atom is -0.292 e. The Morgan fingerprint density at radius 2 is 2.12 bits per heavy atom. The molecule has 86 valence electrons. The summed E-state index contributed by atoms with van der Waals surface area (Å²) in [5.74, 6) is 0.827. The van der Waals surface area contributed by atoms with E-state index >= 15 is 0 Å². The fraction of sp³-hybridized carbons (Fsp3) is 0.571. The number of hydrogen-bond acceptors (Lipinski definition) is 2. The van der Waals surface area contributed by atoms with Gasteiger partial charge in [-0.05, 0) is 24.5 Å². The van der Waals surface area contributed by atoms with Crippen LogP contribution in [0.15, 0.2) is 18.3 Å². The van der Waals surface area contributed by atoms with Crippen molar-refractivity contribution in [1.82, 2.24) is 4.98 Å². The molecule has 1 aliphatic rings. The first-order chi connectivity index (χ1) is 7.77. The van der Waals surface area contributed by atoms with Gasteiger partial charge >= 0.3 is 0 Å². The molecule has 1 aromatic rings. The lowest BCUT2D eigenvalue weighted by atomic mass is 9.85. The minimum atomic E-state index is 0.227. The third-order valence-corrected chi connectivity index (χ3v) is 3.47. The van der Waals surface area contributed by atoms with Crippen molar-refractivity contribution in [3.8, 4) is 0 Å². The molecule has 2 rings (SSSR count). The molecule has 0 N–H and O–H groups in total. The van der Waals surface area contributed by atoms with Crippen molar-refractivity contribution < 1.29 is 4.79 Å². The normalized spacial score (nSPS) is 17.3. The van der Waals surface area contributed by atoms with Crippen LogP contribution in [-0.4, -0.2) is 10.8 Å². The van der Waals surface area contributed by atoms with Gasteiger partial charge in [0.15, 0.2) is 5.78 Å². The molecular weight excluding hydrogens is 198 g/mol. The molecule has 0 atom stereocenters. The largest absolute Gasteiger partial charge is 0.292 e. The van der Waals surface area contributed by atoms with Gasteiger partial charge in [0.25, 0.3) is 0 Å². The highest BCUT2D eigenvalue weighted by molar-refractivity contribution is 5.95. The Kier molecular flexibility index (Phi) is 3.70. The maximum Gasteiger partial charge on any atom is 0.181 e. The Labute approximate surface area is 97.1 Å². The van der Waals surface area contributed by atoms with Crippen molar-refractivity contribution >= 4 is 5.78 Å². The molecule has 2 heteroatoms. The van der Waals surface area contributed by atoms with Crippen LogP contribution < -0.4 is 0 Å². The average molecular weight is 217 g/mol. The monoisotopic (exact) mass is 217 g/mol. The Morgan fingerprint density at radius 3 is 2.81 bits per heavy atom. The number of carbonyl (C=O) groups excluding carboxylic acids is 1. The molecule has 0 spiro atoms. The summed E-state index contributed by atoms with van der Waals surface area (Å²) in [7, 11) is 0. The molecule has 0 amide bonds. The van der Waals surface area contributed by atoms with E-state index in [4.69, 9.17) is 0 Å². The fourth-order valence-corrected chi connectivity index (χ4v) is 2.53. The van der Waals surface area contributed by atoms with E-state index in [1.807, 2.05) is 19.1 Å². The summed E-state index contributed by atoms with van der Waals surface area (Å²) < 4.78 is 0. The zero-order valence-corrected chi connectivity index (χ0v) is 9.91. The van der Waals surface area contributed by atoms with Crippen molar-refractivity contribution in [3.63, 3.8) is 0 Å². The maximum atomic E-state index is 12.1. The summed E-state index contributed by atoms with van der Waals surface area (Å²) in [6, 6.07) is 3.84. The number of Topliss-reactive ketones (excluding diaryl/α,β-unsaturated/α-hetero) is 1. The molecule has 0 saturated heterocycles. The summed E-state index contributed by atoms with van der Waals surface area (Å²) in [6.45, 7) is 1.96. The van der Waals surface area contributed by atoms with Gasteiger partial charge in [0.05, 0.1) is 0 Å². The van der Waals surface area contributed by atoms with E-state index in [1.165, 1.54) is 32.1 Å². The summed E-state index contributed by atoms with van der Waals surface area (Å²) >= 11 is 0. The summed E-state index contributed by atoms with van der Waals surface area (Å²) in [4.78, 5) is 16.3. The molecule has 1 aliphatic carbocycles. The van der Waals surface area contributed by atoms with Gasteiger partial charge in [-0.1, -0.05) is 38.2 Å². The number of carbonyl (C=O) groups is 1. The molecule has 1 fully saturated rings. The van der Waals surface area contributed by atoms with Crippen LogP contribution in [0.3, 0.4) is 0 Å². The molecule has 16 heavy (non-hydrogen) atoms. The minimum absolute atomic E-state index is 0.227. The van der Waals surface area contributed by atoms with Crippen LogP contribution >= 0.6 is 0 Å². The second-order valence-electron chi connectivity index (χ2n) is 4.80. The summed E-state index contributed by atoms with van der Waals surface area (Å²) in [5.41, 5.74) is 1.68. The van der Waals surface area contributed by atoms with Crippen molar-refractivity contribution in [2.24, 2.45) is 5.92 Å². The topological polar surface area (TPSA) is 30.0 Å². The van der Waals surface area contributed by atoms with Crippen LogP contribution in [0.2, 0.25) is 0 Å². The van der Waals surface area contributed by atoms with Gasteiger partial charge in [-0.3, -0.25) is 9.78 Å². The Balaban J connectivity index is 2.00. The molecular formula is C14H19NO. The lowest BCUT2D eigenvalue weighted by molar-refractivity contribution is 0.0944. The smallest absolute Gasteiger partial charge is 0.181 e. The van der Waals surface area contributed by atoms with Crippen LogP contribution in [-0.2, 0) is 0 Å². The van der Waals surface area contributed by atoms with Gasteiger partial charge in [-0.15, -0.1) is 0 Å². The molecule has 0 bridgehead atoms. The predicted molar refractivity (Wildman–Crippen MR) is 64.5 cm³/mol. The van der Waals surface area contributed by atoms with Crippen LogP contribution in [0.1, 0.15) is 54.6 Å². The number of ketones is 1. The van der Waals surface area contributed by atoms with Crippen molar-refractivity contribution in [2.45, 2.75) is 45.4 Å². The second kappa shape index (κ2) is 5.24. The van der Waals surface area contributed by atoms with E-state index in [2.05, 4.69) is 4.98 Å². The van der Waals surface area contributed by atoms with Crippen molar-refractivity contribution in [3.05, 3.63) is 29.6 Å². The predicted octanol–water partition coefficient (Wildman–Crippen LogP) is 3.54. The van der Waals surface area contributed by atoms with Gasteiger partial charge in [0.2, 0.25) is 0 Å². The van der Waals surface area contributed by atoms with Crippen LogP contribution in [0, 0.1) is 12.8 Å². The molecule has 1 aromatic heterocycles. The Hall–Kier alpha value is -1.18. The first-order valence-electron chi connectivity index (χ1n) is 6.22.